The zero-order valence-electron chi connectivity index (χ0n) is 65.0. The van der Waals surface area contributed by atoms with Gasteiger partial charge in [-0.25, -0.2) is 0 Å². The Kier molecular flexibility index (Phi) is 16.0. The summed E-state index contributed by atoms with van der Waals surface area (Å²) in [5, 5.41) is 22.0. The summed E-state index contributed by atoms with van der Waals surface area (Å²) < 4.78 is 27.0. The highest BCUT2D eigenvalue weighted by molar-refractivity contribution is 6.47. The molecule has 0 atom stereocenters. The Labute approximate surface area is 691 Å². The van der Waals surface area contributed by atoms with E-state index < -0.39 is 0 Å². The van der Waals surface area contributed by atoms with Crippen LogP contribution in [0.5, 0.6) is 0 Å². The van der Waals surface area contributed by atoms with Crippen molar-refractivity contribution in [3.05, 3.63) is 425 Å². The van der Waals surface area contributed by atoms with Gasteiger partial charge in [0.05, 0.1) is 0 Å². The molecule has 558 valence electrons. The van der Waals surface area contributed by atoms with Gasteiger partial charge in [0.25, 0.3) is 0 Å². The van der Waals surface area contributed by atoms with Gasteiger partial charge in [-0.05, 0) is 191 Å². The first kappa shape index (κ1) is 68.5. The average molecular weight is 1530 g/mol. The van der Waals surface area contributed by atoms with Gasteiger partial charge in [-0.3, -0.25) is 0 Å². The van der Waals surface area contributed by atoms with Gasteiger partial charge in [0.2, 0.25) is 0 Å². The molecular weight excluding hydrogens is 1460 g/mol. The summed E-state index contributed by atoms with van der Waals surface area (Å²) in [6, 6.07) is 152. The third-order valence-electron chi connectivity index (χ3n) is 24.7. The summed E-state index contributed by atoms with van der Waals surface area (Å²) in [5.74, 6) is 3.53. The zero-order chi connectivity index (χ0) is 78.9. The van der Waals surface area contributed by atoms with Crippen LogP contribution >= 0.6 is 0 Å². The lowest BCUT2D eigenvalue weighted by molar-refractivity contribution is 0.632. The maximum Gasteiger partial charge on any atom is 0.143 e. The Hall–Kier alpha value is -15.9. The second-order valence-electron chi connectivity index (χ2n) is 31.4. The summed E-state index contributed by atoms with van der Waals surface area (Å²) in [7, 11) is 0. The van der Waals surface area contributed by atoms with Crippen LogP contribution in [0.15, 0.2) is 442 Å². The zero-order valence-corrected chi connectivity index (χ0v) is 65.0. The van der Waals surface area contributed by atoms with Crippen molar-refractivity contribution < 1.29 is 17.7 Å². The fraction of sp³-hybridized carbons (Fsp3) is 0. The van der Waals surface area contributed by atoms with Gasteiger partial charge in [-0.15, -0.1) is 0 Å². The summed E-state index contributed by atoms with van der Waals surface area (Å²) in [5.41, 5.74) is 26.2. The molecule has 0 aliphatic carbocycles. The predicted octanol–water partition coefficient (Wildman–Crippen LogP) is 33.3. The monoisotopic (exact) mass is 1530 g/mol. The van der Waals surface area contributed by atoms with Gasteiger partial charge >= 0.3 is 0 Å². The van der Waals surface area contributed by atoms with Gasteiger partial charge in [-0.1, -0.05) is 376 Å². The molecule has 0 aliphatic heterocycles. The smallest absolute Gasteiger partial charge is 0.143 e. The van der Waals surface area contributed by atoms with Gasteiger partial charge < -0.3 is 17.7 Å². The molecule has 120 heavy (non-hydrogen) atoms. The topological polar surface area (TPSA) is 52.6 Å². The van der Waals surface area contributed by atoms with Crippen molar-refractivity contribution >= 4 is 119 Å². The van der Waals surface area contributed by atoms with Crippen molar-refractivity contribution in [2.24, 2.45) is 0 Å². The van der Waals surface area contributed by atoms with Crippen LogP contribution in [0.3, 0.4) is 0 Å². The van der Waals surface area contributed by atoms with Crippen LogP contribution in [-0.2, 0) is 0 Å². The molecule has 0 bridgehead atoms. The quantitative estimate of drug-likeness (QED) is 0.122. The minimum absolute atomic E-state index is 0.865. The van der Waals surface area contributed by atoms with E-state index in [1.807, 2.05) is 12.1 Å². The van der Waals surface area contributed by atoms with E-state index in [0.717, 1.165) is 156 Å². The van der Waals surface area contributed by atoms with E-state index in [2.05, 4.69) is 413 Å². The van der Waals surface area contributed by atoms with E-state index in [0.29, 0.717) is 0 Å². The predicted molar refractivity (Wildman–Crippen MR) is 502 cm³/mol. The van der Waals surface area contributed by atoms with E-state index in [1.54, 1.807) is 0 Å². The van der Waals surface area contributed by atoms with Gasteiger partial charge in [0.15, 0.2) is 0 Å². The molecule has 4 aromatic heterocycles. The van der Waals surface area contributed by atoms with Gasteiger partial charge in [0.1, 0.15) is 45.4 Å². The molecule has 0 unspecified atom stereocenters. The van der Waals surface area contributed by atoms with Gasteiger partial charge in [-0.2, -0.15) is 0 Å². The lowest BCUT2D eigenvalue weighted by Gasteiger charge is -2.16. The highest BCUT2D eigenvalue weighted by Gasteiger charge is 2.31. The Bertz CT molecular complexity index is 7660. The minimum Gasteiger partial charge on any atom is -0.455 e. The number of fused-ring (bicyclic) bond motifs is 11. The van der Waals surface area contributed by atoms with Crippen molar-refractivity contribution in [1.82, 2.24) is 0 Å². The summed E-state index contributed by atoms with van der Waals surface area (Å²) in [4.78, 5) is 0. The normalized spacial score (nSPS) is 11.8. The van der Waals surface area contributed by atoms with Crippen LogP contribution in [-0.4, -0.2) is 0 Å². The number of rotatable bonds is 12. The first-order valence-electron chi connectivity index (χ1n) is 41.1. The molecule has 0 N–H and O–H groups in total. The van der Waals surface area contributed by atoms with Crippen molar-refractivity contribution in [1.29, 1.82) is 0 Å². The molecule has 25 rings (SSSR count). The maximum atomic E-state index is 6.89. The fourth-order valence-corrected chi connectivity index (χ4v) is 19.5. The van der Waals surface area contributed by atoms with Crippen molar-refractivity contribution in [2.45, 2.75) is 0 Å². The molecule has 25 aromatic rings. The molecule has 21 aromatic carbocycles. The highest BCUT2D eigenvalue weighted by atomic mass is 16.3. The Morgan fingerprint density at radius 1 is 0.125 bits per heavy atom. The molecule has 0 spiro atoms. The van der Waals surface area contributed by atoms with Crippen molar-refractivity contribution in [3.8, 4) is 134 Å². The molecule has 0 radical (unpaired) electrons. The summed E-state index contributed by atoms with van der Waals surface area (Å²) in [6.07, 6.45) is 0. The van der Waals surface area contributed by atoms with Crippen LogP contribution < -0.4 is 0 Å². The first-order valence-corrected chi connectivity index (χ1v) is 41.1. The van der Waals surface area contributed by atoms with Crippen molar-refractivity contribution in [3.63, 3.8) is 0 Å². The largest absolute Gasteiger partial charge is 0.455 e. The maximum absolute atomic E-state index is 6.89. The van der Waals surface area contributed by atoms with Crippen LogP contribution in [0.2, 0.25) is 0 Å². The van der Waals surface area contributed by atoms with E-state index in [1.165, 1.54) is 97.7 Å². The average Bonchev–Trinajstić information content (AvgIpc) is 1.51. The highest BCUT2D eigenvalue weighted by Crippen LogP contribution is 2.58. The SMILES string of the molecule is c1ccc(-c2oc3ccc(-c4c5c6cccc7cccc(c5c(-c5ccc8oc(-c9ccccc9)c(-c9ccccc9)c8c5)c5c8cccc9cccc(c45)c98)c76)cc3c2-c2ccccc2)cc1.c1ccc(-c2oc3ccc(-c4ccc(-c5ccc6oc(-c7ccccc7)c(-c7ccccc7)c6c5)c5ccccc45)cc3c2-c2ccccc2)cc1. The minimum atomic E-state index is 0.865. The third-order valence-corrected chi connectivity index (χ3v) is 24.7. The number of furan rings is 4. The molecular formula is C116H70O4. The molecule has 0 aliphatic rings. The molecule has 0 saturated heterocycles. The molecule has 4 heterocycles. The van der Waals surface area contributed by atoms with E-state index in [9.17, 15) is 0 Å². The number of benzene rings is 19. The number of hydrogen-bond acceptors (Lipinski definition) is 4. The molecule has 0 amide bonds. The Morgan fingerprint density at radius 2 is 0.342 bits per heavy atom. The van der Waals surface area contributed by atoms with E-state index >= 15 is 0 Å². The Morgan fingerprint density at radius 3 is 0.600 bits per heavy atom. The third kappa shape index (κ3) is 11.0. The van der Waals surface area contributed by atoms with Crippen LogP contribution in [0.25, 0.3) is 254 Å². The van der Waals surface area contributed by atoms with Crippen LogP contribution in [0.1, 0.15) is 0 Å². The van der Waals surface area contributed by atoms with E-state index in [4.69, 9.17) is 17.7 Å². The molecule has 4 heteroatoms. The Balaban J connectivity index is 0.000000142. The number of hydrogen-bond donors (Lipinski definition) is 0. The molecule has 4 nitrogen and oxygen atoms in total. The summed E-state index contributed by atoms with van der Waals surface area (Å²) >= 11 is 0. The summed E-state index contributed by atoms with van der Waals surface area (Å²) in [6.45, 7) is 0. The lowest BCUT2D eigenvalue weighted by Crippen LogP contribution is -1.89. The second-order valence-corrected chi connectivity index (χ2v) is 31.4. The second kappa shape index (κ2) is 28.0. The van der Waals surface area contributed by atoms with Crippen molar-refractivity contribution in [2.75, 3.05) is 0 Å². The van der Waals surface area contributed by atoms with Crippen LogP contribution in [0, 0.1) is 0 Å². The standard InChI is InChI=1S/C66H38O2.C50H32O2/c1-5-17-41(18-6-1)57-51-37-45(33-35-53(51)67-65(57)43-21-9-3-10-22-43)59-61-47-29-13-25-39-27-15-31-49(55(39)47)63(61)60(64-50-32-16-28-40-26-14-30-48(56(40)50)62(59)64)46-34-36-54-52(38-46)58(42-19-7-2-8-20-42)66(68-54)44-23-11-4-12-24-44;1-5-15-33(16-6-1)47-43-31-37(25-29-45(43)51-49(47)35-19-9-3-10-20-35)39-27-28-40(42-24-14-13-23-41(39)42)38-26-30-46-44(32-38)48(34-17-7-2-8-18-34)50(52-46)36-21-11-4-12-22-36/h1-38H;1-32H. The van der Waals surface area contributed by atoms with Crippen LogP contribution in [0.4, 0.5) is 0 Å². The first-order chi connectivity index (χ1) is 59.6. The lowest BCUT2D eigenvalue weighted by atomic mass is 9.86. The molecule has 0 saturated carbocycles. The van der Waals surface area contributed by atoms with E-state index in [-0.39, 0.29) is 0 Å². The van der Waals surface area contributed by atoms with Gasteiger partial charge in [0, 0.05) is 66.1 Å². The fourth-order valence-electron chi connectivity index (χ4n) is 19.5. The molecule has 0 fully saturated rings.